The van der Waals surface area contributed by atoms with Crippen molar-refractivity contribution in [3.63, 3.8) is 0 Å². The maximum absolute atomic E-state index is 9.92. The van der Waals surface area contributed by atoms with E-state index in [4.69, 9.17) is 0 Å². The van der Waals surface area contributed by atoms with Gasteiger partial charge in [-0.3, -0.25) is 0 Å². The molecule has 0 radical (unpaired) electrons. The highest BCUT2D eigenvalue weighted by molar-refractivity contribution is 7.29. The van der Waals surface area contributed by atoms with E-state index in [2.05, 4.69) is 6.92 Å². The Bertz CT molecular complexity index is 33.5. The largest absolute Gasteiger partial charge is 0.832 e. The quantitative estimate of drug-likeness (QED) is 0.412. The van der Waals surface area contributed by atoms with Gasteiger partial charge in [-0.1, -0.05) is 32.6 Å². The first kappa shape index (κ1) is 8.39. The summed E-state index contributed by atoms with van der Waals surface area (Å²) in [5, 5.41) is 0. The minimum absolute atomic E-state index is 0.0810. The third-order valence-corrected chi connectivity index (χ3v) is 1.69. The Balaban J connectivity index is 2.53. The van der Waals surface area contributed by atoms with Gasteiger partial charge in [0.2, 0.25) is 0 Å². The molecule has 0 saturated carbocycles. The van der Waals surface area contributed by atoms with Crippen molar-refractivity contribution in [1.82, 2.24) is 0 Å². The zero-order valence-electron chi connectivity index (χ0n) is 5.44. The Morgan fingerprint density at radius 3 is 2.50 bits per heavy atom. The van der Waals surface area contributed by atoms with Crippen molar-refractivity contribution in [3.8, 4) is 0 Å². The Hall–Kier alpha value is 0.390. The molecule has 0 amide bonds. The molecule has 1 unspecified atom stereocenters. The van der Waals surface area contributed by atoms with Crippen LogP contribution in [0.1, 0.15) is 32.6 Å². The van der Waals surface area contributed by atoms with Gasteiger partial charge in [0.05, 0.1) is 0 Å². The highest BCUT2D eigenvalue weighted by Crippen LogP contribution is 2.04. The van der Waals surface area contributed by atoms with Gasteiger partial charge in [0.15, 0.2) is 0 Å². The first-order chi connectivity index (χ1) is 3.91. The molecule has 1 atom stereocenters. The fourth-order valence-electron chi connectivity index (χ4n) is 0.624. The van der Waals surface area contributed by atoms with Crippen LogP contribution < -0.4 is 4.89 Å². The van der Waals surface area contributed by atoms with Crippen LogP contribution in [-0.2, 0) is 0 Å². The van der Waals surface area contributed by atoms with Crippen molar-refractivity contribution in [2.45, 2.75) is 32.6 Å². The first-order valence-electron chi connectivity index (χ1n) is 3.26. The Labute approximate surface area is 53.4 Å². The molecular weight excluding hydrogens is 119 g/mol. The van der Waals surface area contributed by atoms with Gasteiger partial charge < -0.3 is 4.89 Å². The second-order valence-corrected chi connectivity index (χ2v) is 2.74. The predicted octanol–water partition coefficient (Wildman–Crippen LogP) is 1.52. The Morgan fingerprint density at radius 2 is 2.00 bits per heavy atom. The van der Waals surface area contributed by atoms with E-state index in [1.807, 2.05) is 0 Å². The van der Waals surface area contributed by atoms with E-state index in [9.17, 15) is 4.89 Å². The summed E-state index contributed by atoms with van der Waals surface area (Å²) in [6.45, 7) is 2.18. The van der Waals surface area contributed by atoms with Crippen LogP contribution in [0.3, 0.4) is 0 Å². The van der Waals surface area contributed by atoms with Crippen LogP contribution in [-0.4, -0.2) is 6.16 Å². The molecule has 0 saturated heterocycles. The van der Waals surface area contributed by atoms with Gasteiger partial charge in [0.25, 0.3) is 0 Å². The topological polar surface area (TPSA) is 23.1 Å². The van der Waals surface area contributed by atoms with Gasteiger partial charge in [-0.05, 0) is 6.16 Å². The summed E-state index contributed by atoms with van der Waals surface area (Å²) in [5.41, 5.74) is 0. The maximum Gasteiger partial charge on any atom is -0.0499 e. The van der Waals surface area contributed by atoms with E-state index in [0.29, 0.717) is 0 Å². The SMILES string of the molecule is CCCCCCP[O-]. The molecule has 0 spiro atoms. The molecule has 8 heavy (non-hydrogen) atoms. The fraction of sp³-hybridized carbons (Fsp3) is 1.00. The Kier molecular flexibility index (Phi) is 7.75. The standard InChI is InChI=1S/C6H14OP/c1-2-3-4-5-6-8-7/h8H,2-6H2,1H3/q-1. The lowest BCUT2D eigenvalue weighted by Crippen LogP contribution is -1.86. The summed E-state index contributed by atoms with van der Waals surface area (Å²) in [4.78, 5) is 9.92. The Morgan fingerprint density at radius 1 is 1.25 bits per heavy atom. The van der Waals surface area contributed by atoms with Crippen LogP contribution in [0.2, 0.25) is 0 Å². The van der Waals surface area contributed by atoms with Crippen molar-refractivity contribution in [1.29, 1.82) is 0 Å². The molecule has 0 N–H and O–H groups in total. The van der Waals surface area contributed by atoms with Gasteiger partial charge in [-0.15, -0.1) is 0 Å². The molecule has 0 aliphatic rings. The third kappa shape index (κ3) is 6.39. The van der Waals surface area contributed by atoms with E-state index in [1.54, 1.807) is 0 Å². The molecule has 2 heteroatoms. The molecule has 0 aromatic heterocycles. The monoisotopic (exact) mass is 133 g/mol. The summed E-state index contributed by atoms with van der Waals surface area (Å²) < 4.78 is 0. The lowest BCUT2D eigenvalue weighted by atomic mass is 10.2. The van der Waals surface area contributed by atoms with Gasteiger partial charge in [-0.25, -0.2) is 8.81 Å². The van der Waals surface area contributed by atoms with Crippen LogP contribution in [0.4, 0.5) is 0 Å². The molecular formula is C6H14OP-. The molecule has 0 aromatic rings. The average Bonchev–Trinajstić information content (AvgIpc) is 1.81. The van der Waals surface area contributed by atoms with Gasteiger partial charge in [0, 0.05) is 0 Å². The smallest absolute Gasteiger partial charge is 0.0499 e. The van der Waals surface area contributed by atoms with Crippen LogP contribution in [0.5, 0.6) is 0 Å². The van der Waals surface area contributed by atoms with Gasteiger partial charge >= 0.3 is 0 Å². The van der Waals surface area contributed by atoms with Crippen molar-refractivity contribution in [2.24, 2.45) is 0 Å². The fourth-order valence-corrected chi connectivity index (χ4v) is 1.02. The lowest BCUT2D eigenvalue weighted by Gasteiger charge is -2.01. The minimum atomic E-state index is -0.0810. The van der Waals surface area contributed by atoms with Crippen molar-refractivity contribution >= 4 is 8.81 Å². The zero-order valence-corrected chi connectivity index (χ0v) is 6.44. The summed E-state index contributed by atoms with van der Waals surface area (Å²) in [7, 11) is -0.0810. The number of unbranched alkanes of at least 4 members (excludes halogenated alkanes) is 3. The molecule has 1 nitrogen and oxygen atoms in total. The average molecular weight is 133 g/mol. The summed E-state index contributed by atoms with van der Waals surface area (Å²) in [6, 6.07) is 0. The molecule has 0 bridgehead atoms. The molecule has 0 rings (SSSR count). The summed E-state index contributed by atoms with van der Waals surface area (Å²) in [6.07, 6.45) is 5.87. The van der Waals surface area contributed by atoms with E-state index in [0.717, 1.165) is 12.6 Å². The molecule has 0 heterocycles. The highest BCUT2D eigenvalue weighted by atomic mass is 31.1. The van der Waals surface area contributed by atoms with Gasteiger partial charge in [0.1, 0.15) is 0 Å². The van der Waals surface area contributed by atoms with Crippen molar-refractivity contribution in [2.75, 3.05) is 6.16 Å². The van der Waals surface area contributed by atoms with E-state index in [-0.39, 0.29) is 8.81 Å². The summed E-state index contributed by atoms with van der Waals surface area (Å²) in [5.74, 6) is 0. The third-order valence-electron chi connectivity index (χ3n) is 1.13. The molecule has 0 aromatic carbocycles. The van der Waals surface area contributed by atoms with E-state index >= 15 is 0 Å². The first-order valence-corrected chi connectivity index (χ1v) is 4.38. The predicted molar refractivity (Wildman–Crippen MR) is 37.3 cm³/mol. The van der Waals surface area contributed by atoms with Crippen molar-refractivity contribution < 1.29 is 4.89 Å². The second-order valence-electron chi connectivity index (χ2n) is 1.95. The van der Waals surface area contributed by atoms with Crippen LogP contribution in [0, 0.1) is 0 Å². The van der Waals surface area contributed by atoms with Crippen LogP contribution in [0.25, 0.3) is 0 Å². The van der Waals surface area contributed by atoms with E-state index in [1.165, 1.54) is 19.3 Å². The second kappa shape index (κ2) is 7.39. The lowest BCUT2D eigenvalue weighted by molar-refractivity contribution is -0.150. The van der Waals surface area contributed by atoms with Crippen LogP contribution in [0.15, 0.2) is 0 Å². The van der Waals surface area contributed by atoms with Crippen molar-refractivity contribution in [3.05, 3.63) is 0 Å². The number of rotatable bonds is 5. The van der Waals surface area contributed by atoms with Gasteiger partial charge in [-0.2, -0.15) is 0 Å². The van der Waals surface area contributed by atoms with E-state index < -0.39 is 0 Å². The number of hydrogen-bond donors (Lipinski definition) is 0. The minimum Gasteiger partial charge on any atom is -0.832 e. The molecule has 0 aliphatic heterocycles. The normalized spacial score (nSPS) is 11.2. The molecule has 50 valence electrons. The number of hydrogen-bond acceptors (Lipinski definition) is 1. The summed E-state index contributed by atoms with van der Waals surface area (Å²) >= 11 is 0. The molecule has 0 fully saturated rings. The van der Waals surface area contributed by atoms with Crippen LogP contribution >= 0.6 is 8.81 Å². The molecule has 0 aliphatic carbocycles. The zero-order chi connectivity index (χ0) is 6.24. The maximum atomic E-state index is 9.92. The highest BCUT2D eigenvalue weighted by Gasteiger charge is 1.81.